The molecule has 2 atom stereocenters. The Bertz CT molecular complexity index is 536. The molecule has 0 radical (unpaired) electrons. The third kappa shape index (κ3) is 4.94. The lowest BCUT2D eigenvalue weighted by Crippen LogP contribution is -2.55. The molecule has 1 amide bonds. The number of carbonyl (C=O) groups is 1. The highest BCUT2D eigenvalue weighted by Crippen LogP contribution is 2.30. The molecule has 0 saturated carbocycles. The van der Waals surface area contributed by atoms with E-state index in [0.717, 1.165) is 36.8 Å². The smallest absolute Gasteiger partial charge is 0.226 e. The second kappa shape index (κ2) is 8.50. The standard InChI is InChI=1S/C18H27BrN2O.ClH/c1-4-13(11-14-7-5-6-8-15(14)19)17(22)21-10-9-16(20)18(2,3)12-21;/h5-8,13,16H,4,9-12,20H2,1-3H3;1H. The maximum atomic E-state index is 12.9. The molecule has 2 N–H and O–H groups in total. The Morgan fingerprint density at radius 3 is 2.65 bits per heavy atom. The Balaban J connectivity index is 0.00000264. The summed E-state index contributed by atoms with van der Waals surface area (Å²) in [5.74, 6) is 0.321. The van der Waals surface area contributed by atoms with Crippen LogP contribution in [0, 0.1) is 11.3 Å². The summed E-state index contributed by atoms with van der Waals surface area (Å²) in [6.45, 7) is 7.97. The zero-order valence-electron chi connectivity index (χ0n) is 14.2. The Hall–Kier alpha value is -0.580. The minimum absolute atomic E-state index is 0. The number of nitrogens with zero attached hydrogens (tertiary/aromatic N) is 1. The van der Waals surface area contributed by atoms with Crippen molar-refractivity contribution >= 4 is 34.2 Å². The third-order valence-corrected chi connectivity index (χ3v) is 5.66. The topological polar surface area (TPSA) is 46.3 Å². The minimum atomic E-state index is -0.000465. The van der Waals surface area contributed by atoms with E-state index >= 15 is 0 Å². The van der Waals surface area contributed by atoms with Crippen LogP contribution < -0.4 is 5.73 Å². The molecule has 0 spiro atoms. The van der Waals surface area contributed by atoms with E-state index in [1.165, 1.54) is 5.56 Å². The van der Waals surface area contributed by atoms with E-state index in [0.29, 0.717) is 0 Å². The molecular formula is C18H28BrClN2O. The van der Waals surface area contributed by atoms with Gasteiger partial charge in [0.25, 0.3) is 0 Å². The number of hydrogen-bond donors (Lipinski definition) is 1. The normalized spacial score (nSPS) is 21.4. The second-order valence-electron chi connectivity index (χ2n) is 7.04. The monoisotopic (exact) mass is 402 g/mol. The van der Waals surface area contributed by atoms with Crippen molar-refractivity contribution in [1.82, 2.24) is 4.90 Å². The molecule has 2 unspecified atom stereocenters. The van der Waals surface area contributed by atoms with Crippen molar-refractivity contribution in [3.05, 3.63) is 34.3 Å². The first-order chi connectivity index (χ1) is 10.3. The quantitative estimate of drug-likeness (QED) is 0.825. The van der Waals surface area contributed by atoms with E-state index in [2.05, 4.69) is 42.8 Å². The predicted molar refractivity (Wildman–Crippen MR) is 102 cm³/mol. The summed E-state index contributed by atoms with van der Waals surface area (Å²) in [6, 6.07) is 8.34. The molecule has 5 heteroatoms. The van der Waals surface area contributed by atoms with Gasteiger partial charge in [0.2, 0.25) is 5.91 Å². The van der Waals surface area contributed by atoms with Crippen molar-refractivity contribution in [2.24, 2.45) is 17.1 Å². The predicted octanol–water partition coefficient (Wildman–Crippen LogP) is 4.03. The Morgan fingerprint density at radius 1 is 1.43 bits per heavy atom. The van der Waals surface area contributed by atoms with E-state index in [1.807, 2.05) is 23.1 Å². The van der Waals surface area contributed by atoms with Gasteiger partial charge in [0.1, 0.15) is 0 Å². The lowest BCUT2D eigenvalue weighted by molar-refractivity contribution is -0.139. The molecule has 0 aromatic heterocycles. The van der Waals surface area contributed by atoms with Crippen LogP contribution in [0.4, 0.5) is 0 Å². The maximum absolute atomic E-state index is 12.9. The maximum Gasteiger partial charge on any atom is 0.226 e. The molecule has 3 nitrogen and oxygen atoms in total. The van der Waals surface area contributed by atoms with Gasteiger partial charge in [-0.05, 0) is 36.3 Å². The molecule has 130 valence electrons. The van der Waals surface area contributed by atoms with Gasteiger partial charge in [0.15, 0.2) is 0 Å². The average molecular weight is 404 g/mol. The number of rotatable bonds is 4. The summed E-state index contributed by atoms with van der Waals surface area (Å²) >= 11 is 3.58. The number of amides is 1. The molecule has 1 aromatic carbocycles. The summed E-state index contributed by atoms with van der Waals surface area (Å²) in [5.41, 5.74) is 7.39. The van der Waals surface area contributed by atoms with Crippen molar-refractivity contribution < 1.29 is 4.79 Å². The van der Waals surface area contributed by atoms with E-state index in [4.69, 9.17) is 5.73 Å². The fourth-order valence-corrected chi connectivity index (χ4v) is 3.60. The van der Waals surface area contributed by atoms with Crippen molar-refractivity contribution in [1.29, 1.82) is 0 Å². The summed E-state index contributed by atoms with van der Waals surface area (Å²) in [4.78, 5) is 14.9. The van der Waals surface area contributed by atoms with Gasteiger partial charge in [-0.2, -0.15) is 0 Å². The molecule has 23 heavy (non-hydrogen) atoms. The van der Waals surface area contributed by atoms with Crippen LogP contribution in [0.25, 0.3) is 0 Å². The lowest BCUT2D eigenvalue weighted by atomic mass is 9.79. The minimum Gasteiger partial charge on any atom is -0.342 e. The van der Waals surface area contributed by atoms with E-state index < -0.39 is 0 Å². The van der Waals surface area contributed by atoms with Crippen LogP contribution >= 0.6 is 28.3 Å². The molecule has 1 saturated heterocycles. The number of likely N-dealkylation sites (tertiary alicyclic amines) is 1. The van der Waals surface area contributed by atoms with Gasteiger partial charge in [0.05, 0.1) is 0 Å². The number of piperidine rings is 1. The fourth-order valence-electron chi connectivity index (χ4n) is 3.16. The molecule has 1 aromatic rings. The van der Waals surface area contributed by atoms with Gasteiger partial charge in [-0.15, -0.1) is 12.4 Å². The number of nitrogens with two attached hydrogens (primary N) is 1. The molecule has 2 rings (SSSR count). The van der Waals surface area contributed by atoms with Gasteiger partial charge in [-0.25, -0.2) is 0 Å². The second-order valence-corrected chi connectivity index (χ2v) is 7.90. The van der Waals surface area contributed by atoms with Crippen LogP contribution in [-0.2, 0) is 11.2 Å². The molecule has 1 aliphatic rings. The molecule has 0 bridgehead atoms. The molecule has 1 fully saturated rings. The lowest BCUT2D eigenvalue weighted by Gasteiger charge is -2.43. The number of hydrogen-bond acceptors (Lipinski definition) is 2. The van der Waals surface area contributed by atoms with Gasteiger partial charge in [0, 0.05) is 29.5 Å². The van der Waals surface area contributed by atoms with Gasteiger partial charge < -0.3 is 10.6 Å². The highest BCUT2D eigenvalue weighted by Gasteiger charge is 2.36. The molecular weight excluding hydrogens is 376 g/mol. The number of halogens is 2. The van der Waals surface area contributed by atoms with Crippen LogP contribution in [0.5, 0.6) is 0 Å². The zero-order chi connectivity index (χ0) is 16.3. The molecule has 0 aliphatic carbocycles. The first-order valence-corrected chi connectivity index (χ1v) is 8.92. The molecule has 1 heterocycles. The fraction of sp³-hybridized carbons (Fsp3) is 0.611. The van der Waals surface area contributed by atoms with Crippen molar-refractivity contribution in [2.75, 3.05) is 13.1 Å². The van der Waals surface area contributed by atoms with Crippen molar-refractivity contribution in [3.8, 4) is 0 Å². The Kier molecular flexibility index (Phi) is 7.56. The van der Waals surface area contributed by atoms with Crippen molar-refractivity contribution in [2.45, 2.75) is 46.1 Å². The van der Waals surface area contributed by atoms with E-state index in [9.17, 15) is 4.79 Å². The van der Waals surface area contributed by atoms with Crippen LogP contribution in [0.1, 0.15) is 39.2 Å². The first kappa shape index (κ1) is 20.5. The van der Waals surface area contributed by atoms with E-state index in [1.54, 1.807) is 0 Å². The van der Waals surface area contributed by atoms with Gasteiger partial charge in [-0.3, -0.25) is 4.79 Å². The Morgan fingerprint density at radius 2 is 2.09 bits per heavy atom. The van der Waals surface area contributed by atoms with Crippen LogP contribution in [0.3, 0.4) is 0 Å². The van der Waals surface area contributed by atoms with Crippen LogP contribution in [-0.4, -0.2) is 29.9 Å². The highest BCUT2D eigenvalue weighted by atomic mass is 79.9. The zero-order valence-corrected chi connectivity index (χ0v) is 16.6. The summed E-state index contributed by atoms with van der Waals surface area (Å²) in [5, 5.41) is 0. The number of benzene rings is 1. The van der Waals surface area contributed by atoms with Gasteiger partial charge in [-0.1, -0.05) is 54.9 Å². The third-order valence-electron chi connectivity index (χ3n) is 4.89. The van der Waals surface area contributed by atoms with Crippen molar-refractivity contribution in [3.63, 3.8) is 0 Å². The Labute approximate surface area is 154 Å². The molecule has 1 aliphatic heterocycles. The summed E-state index contributed by atoms with van der Waals surface area (Å²) < 4.78 is 1.09. The largest absolute Gasteiger partial charge is 0.342 e. The van der Waals surface area contributed by atoms with Gasteiger partial charge >= 0.3 is 0 Å². The number of carbonyl (C=O) groups excluding carboxylic acids is 1. The summed E-state index contributed by atoms with van der Waals surface area (Å²) in [7, 11) is 0. The highest BCUT2D eigenvalue weighted by molar-refractivity contribution is 9.10. The van der Waals surface area contributed by atoms with Crippen LogP contribution in [0.2, 0.25) is 0 Å². The summed E-state index contributed by atoms with van der Waals surface area (Å²) in [6.07, 6.45) is 2.55. The van der Waals surface area contributed by atoms with Crippen LogP contribution in [0.15, 0.2) is 28.7 Å². The van der Waals surface area contributed by atoms with E-state index in [-0.39, 0.29) is 35.7 Å². The first-order valence-electron chi connectivity index (χ1n) is 8.13. The SMILES string of the molecule is CCC(Cc1ccccc1Br)C(=O)N1CCC(N)C(C)(C)C1.Cl. The average Bonchev–Trinajstić information content (AvgIpc) is 2.48.